The Morgan fingerprint density at radius 3 is 2.68 bits per heavy atom. The molecule has 0 spiro atoms. The highest BCUT2D eigenvalue weighted by atomic mass is 19.1. The molecule has 0 bridgehead atoms. The van der Waals surface area contributed by atoms with E-state index in [9.17, 15) is 14.5 Å². The van der Waals surface area contributed by atoms with Crippen molar-refractivity contribution in [1.29, 1.82) is 0 Å². The Bertz CT molecular complexity index is 1190. The molecule has 0 radical (unpaired) electrons. The maximum atomic E-state index is 13.2. The minimum absolute atomic E-state index is 0.109. The van der Waals surface area contributed by atoms with Crippen molar-refractivity contribution in [2.45, 2.75) is 13.5 Å². The lowest BCUT2D eigenvalue weighted by molar-refractivity contribution is -0.386. The number of rotatable bonds is 5. The number of nitro groups is 1. The molecular weight excluding hydrogens is 361 g/mol. The minimum atomic E-state index is -0.497. The molecule has 0 aliphatic carbocycles. The maximum absolute atomic E-state index is 13.2. The van der Waals surface area contributed by atoms with Crippen LogP contribution in [0.5, 0.6) is 0 Å². The largest absolute Gasteiger partial charge is 0.349 e. The van der Waals surface area contributed by atoms with Gasteiger partial charge in [-0.2, -0.15) is 0 Å². The zero-order valence-electron chi connectivity index (χ0n) is 15.0. The molecule has 0 atom stereocenters. The van der Waals surface area contributed by atoms with Crippen LogP contribution in [0.1, 0.15) is 22.6 Å². The smallest absolute Gasteiger partial charge is 0.338 e. The Hall–Kier alpha value is -3.74. The van der Waals surface area contributed by atoms with E-state index in [0.29, 0.717) is 6.54 Å². The summed E-state index contributed by atoms with van der Waals surface area (Å²) in [6.45, 7) is 2.11. The third kappa shape index (κ3) is 3.29. The van der Waals surface area contributed by atoms with E-state index in [1.807, 2.05) is 30.5 Å². The number of fused-ring (bicyclic) bond motifs is 1. The quantitative estimate of drug-likeness (QED) is 0.354. The van der Waals surface area contributed by atoms with E-state index >= 15 is 0 Å². The van der Waals surface area contributed by atoms with Gasteiger partial charge in [-0.05, 0) is 42.8 Å². The van der Waals surface area contributed by atoms with E-state index < -0.39 is 4.92 Å². The summed E-state index contributed by atoms with van der Waals surface area (Å²) in [5, 5.41) is 15.9. The lowest BCUT2D eigenvalue weighted by Crippen LogP contribution is -1.97. The molecule has 2 aromatic heterocycles. The standard InChI is InChI=1S/C21H16FN3O3/c1-14-21(25(26)27)20(28-23-14)11-8-16-13-24(19-5-3-2-4-18(16)19)12-15-6-9-17(22)10-7-15/h2-11,13H,12H2,1H3. The molecule has 0 unspecified atom stereocenters. The molecule has 0 aliphatic rings. The zero-order valence-corrected chi connectivity index (χ0v) is 15.0. The average molecular weight is 377 g/mol. The van der Waals surface area contributed by atoms with Gasteiger partial charge in [0.15, 0.2) is 5.69 Å². The van der Waals surface area contributed by atoms with Crippen molar-refractivity contribution in [3.05, 3.63) is 93.2 Å². The van der Waals surface area contributed by atoms with Crippen LogP contribution in [0.4, 0.5) is 10.1 Å². The molecule has 0 fully saturated rings. The van der Waals surface area contributed by atoms with Gasteiger partial charge in [0.2, 0.25) is 5.76 Å². The van der Waals surface area contributed by atoms with Gasteiger partial charge in [-0.3, -0.25) is 10.1 Å². The molecule has 2 heterocycles. The van der Waals surface area contributed by atoms with E-state index in [4.69, 9.17) is 4.52 Å². The summed E-state index contributed by atoms with van der Waals surface area (Å²) in [5.74, 6) is -0.161. The normalized spacial score (nSPS) is 11.5. The van der Waals surface area contributed by atoms with E-state index in [1.165, 1.54) is 19.1 Å². The highest BCUT2D eigenvalue weighted by molar-refractivity contribution is 5.92. The Morgan fingerprint density at radius 2 is 1.93 bits per heavy atom. The van der Waals surface area contributed by atoms with Crippen LogP contribution in [-0.4, -0.2) is 14.6 Å². The van der Waals surface area contributed by atoms with Crippen molar-refractivity contribution >= 4 is 28.7 Å². The summed E-state index contributed by atoms with van der Waals surface area (Å²) in [6, 6.07) is 14.2. The summed E-state index contributed by atoms with van der Waals surface area (Å²) >= 11 is 0. The molecule has 0 N–H and O–H groups in total. The van der Waals surface area contributed by atoms with E-state index in [2.05, 4.69) is 9.72 Å². The van der Waals surface area contributed by atoms with E-state index in [-0.39, 0.29) is 23.0 Å². The second-order valence-electron chi connectivity index (χ2n) is 6.43. The van der Waals surface area contributed by atoms with Crippen molar-refractivity contribution in [2.24, 2.45) is 0 Å². The van der Waals surface area contributed by atoms with Gasteiger partial charge in [0.05, 0.1) is 4.92 Å². The average Bonchev–Trinajstić information content (AvgIpc) is 3.22. The first-order valence-electron chi connectivity index (χ1n) is 8.64. The fourth-order valence-electron chi connectivity index (χ4n) is 3.20. The molecule has 28 heavy (non-hydrogen) atoms. The van der Waals surface area contributed by atoms with Crippen molar-refractivity contribution in [1.82, 2.24) is 9.72 Å². The second-order valence-corrected chi connectivity index (χ2v) is 6.43. The first-order chi connectivity index (χ1) is 13.5. The van der Waals surface area contributed by atoms with Gasteiger partial charge in [-0.15, -0.1) is 0 Å². The fraction of sp³-hybridized carbons (Fsp3) is 0.0952. The molecule has 0 saturated carbocycles. The molecule has 7 heteroatoms. The summed E-state index contributed by atoms with van der Waals surface area (Å²) in [7, 11) is 0. The first-order valence-corrected chi connectivity index (χ1v) is 8.64. The van der Waals surface area contributed by atoms with Crippen LogP contribution in [0.25, 0.3) is 23.1 Å². The minimum Gasteiger partial charge on any atom is -0.349 e. The summed E-state index contributed by atoms with van der Waals surface area (Å²) in [4.78, 5) is 10.7. The molecule has 4 aromatic rings. The van der Waals surface area contributed by atoms with Crippen LogP contribution in [-0.2, 0) is 6.54 Å². The van der Waals surface area contributed by atoms with E-state index in [0.717, 1.165) is 22.0 Å². The van der Waals surface area contributed by atoms with Crippen molar-refractivity contribution in [3.8, 4) is 0 Å². The molecule has 0 aliphatic heterocycles. The van der Waals surface area contributed by atoms with Crippen LogP contribution in [0, 0.1) is 22.9 Å². The monoisotopic (exact) mass is 377 g/mol. The molecule has 6 nitrogen and oxygen atoms in total. The van der Waals surface area contributed by atoms with Gasteiger partial charge in [-0.1, -0.05) is 35.5 Å². The van der Waals surface area contributed by atoms with Crippen molar-refractivity contribution < 1.29 is 13.8 Å². The lowest BCUT2D eigenvalue weighted by Gasteiger charge is -2.05. The van der Waals surface area contributed by atoms with Gasteiger partial charge in [-0.25, -0.2) is 4.39 Å². The van der Waals surface area contributed by atoms with Gasteiger partial charge >= 0.3 is 5.69 Å². The van der Waals surface area contributed by atoms with Crippen LogP contribution in [0.15, 0.2) is 59.3 Å². The fourth-order valence-corrected chi connectivity index (χ4v) is 3.20. The summed E-state index contributed by atoms with van der Waals surface area (Å²) in [6.07, 6.45) is 5.29. The van der Waals surface area contributed by atoms with Gasteiger partial charge in [0.1, 0.15) is 5.82 Å². The topological polar surface area (TPSA) is 74.1 Å². The number of aromatic nitrogens is 2. The van der Waals surface area contributed by atoms with Crippen molar-refractivity contribution in [3.63, 3.8) is 0 Å². The molecule has 2 aromatic carbocycles. The molecule has 140 valence electrons. The first kappa shape index (κ1) is 17.7. The predicted molar refractivity (Wildman–Crippen MR) is 104 cm³/mol. The molecule has 4 rings (SSSR count). The summed E-state index contributed by atoms with van der Waals surface area (Å²) in [5.41, 5.74) is 2.98. The van der Waals surface area contributed by atoms with Gasteiger partial charge < -0.3 is 9.09 Å². The number of benzene rings is 2. The Balaban J connectivity index is 1.72. The van der Waals surface area contributed by atoms with Gasteiger partial charge in [0.25, 0.3) is 0 Å². The number of aryl methyl sites for hydroxylation is 1. The highest BCUT2D eigenvalue weighted by Gasteiger charge is 2.22. The number of hydrogen-bond acceptors (Lipinski definition) is 4. The Morgan fingerprint density at radius 1 is 1.18 bits per heavy atom. The Kier molecular flexibility index (Phi) is 4.49. The van der Waals surface area contributed by atoms with Crippen LogP contribution >= 0.6 is 0 Å². The molecule has 0 amide bonds. The number of para-hydroxylation sites is 1. The SMILES string of the molecule is Cc1noc(C=Cc2cn(Cc3ccc(F)cc3)c3ccccc23)c1[N+](=O)[O-]. The number of halogens is 1. The third-order valence-corrected chi connectivity index (χ3v) is 4.54. The lowest BCUT2D eigenvalue weighted by atomic mass is 10.1. The van der Waals surface area contributed by atoms with E-state index in [1.54, 1.807) is 24.3 Å². The van der Waals surface area contributed by atoms with Crippen LogP contribution < -0.4 is 0 Å². The maximum Gasteiger partial charge on any atom is 0.338 e. The Labute approximate surface area is 159 Å². The van der Waals surface area contributed by atoms with Crippen LogP contribution in [0.2, 0.25) is 0 Å². The second kappa shape index (κ2) is 7.11. The third-order valence-electron chi connectivity index (χ3n) is 4.54. The summed E-state index contributed by atoms with van der Waals surface area (Å²) < 4.78 is 20.3. The molecular formula is C21H16FN3O3. The highest BCUT2D eigenvalue weighted by Crippen LogP contribution is 2.27. The predicted octanol–water partition coefficient (Wildman–Crippen LogP) is 5.20. The van der Waals surface area contributed by atoms with Gasteiger partial charge in [0, 0.05) is 29.2 Å². The number of nitrogens with zero attached hydrogens (tertiary/aromatic N) is 3. The van der Waals surface area contributed by atoms with Crippen LogP contribution in [0.3, 0.4) is 0 Å². The molecule has 0 saturated heterocycles. The van der Waals surface area contributed by atoms with Crippen molar-refractivity contribution in [2.75, 3.05) is 0 Å². The zero-order chi connectivity index (χ0) is 19.7. The number of hydrogen-bond donors (Lipinski definition) is 0.